The van der Waals surface area contributed by atoms with E-state index in [9.17, 15) is 4.79 Å². The number of nitrogens with one attached hydrogen (secondary N) is 2. The van der Waals surface area contributed by atoms with E-state index >= 15 is 0 Å². The van der Waals surface area contributed by atoms with Crippen LogP contribution in [0, 0.1) is 6.92 Å². The van der Waals surface area contributed by atoms with E-state index in [4.69, 9.17) is 38.0 Å². The SMILES string of the molecule is COC(=O)C1=C(c2ccc(Cl)cc2)NC(=S)N[C@H]1c1ccc(OCc2ccc(C)cc2)c(OC)c1. The second kappa shape index (κ2) is 10.8. The molecule has 180 valence electrons. The number of rotatable bonds is 7. The Morgan fingerprint density at radius 2 is 1.71 bits per heavy atom. The molecule has 0 radical (unpaired) electrons. The predicted octanol–water partition coefficient (Wildman–Crippen LogP) is 5.34. The lowest BCUT2D eigenvalue weighted by atomic mass is 9.92. The molecular weight excluding hydrogens is 484 g/mol. The summed E-state index contributed by atoms with van der Waals surface area (Å²) in [6, 6.07) is 20.3. The van der Waals surface area contributed by atoms with Crippen LogP contribution in [-0.4, -0.2) is 25.3 Å². The van der Waals surface area contributed by atoms with Crippen molar-refractivity contribution in [2.45, 2.75) is 19.6 Å². The Labute approximate surface area is 214 Å². The molecule has 3 aromatic carbocycles. The Morgan fingerprint density at radius 3 is 2.37 bits per heavy atom. The molecular formula is C27H25ClN2O4S. The summed E-state index contributed by atoms with van der Waals surface area (Å²) >= 11 is 11.5. The minimum atomic E-state index is -0.568. The molecule has 1 atom stereocenters. The number of esters is 1. The van der Waals surface area contributed by atoms with Gasteiger partial charge in [-0.15, -0.1) is 0 Å². The summed E-state index contributed by atoms with van der Waals surface area (Å²) in [4.78, 5) is 12.9. The van der Waals surface area contributed by atoms with Crippen molar-refractivity contribution in [3.63, 3.8) is 0 Å². The molecule has 0 amide bonds. The predicted molar refractivity (Wildman–Crippen MR) is 141 cm³/mol. The van der Waals surface area contributed by atoms with Crippen LogP contribution >= 0.6 is 23.8 Å². The molecule has 0 saturated heterocycles. The van der Waals surface area contributed by atoms with Gasteiger partial charge < -0.3 is 24.8 Å². The van der Waals surface area contributed by atoms with Gasteiger partial charge in [-0.3, -0.25) is 0 Å². The zero-order chi connectivity index (χ0) is 24.9. The first-order valence-corrected chi connectivity index (χ1v) is 11.7. The van der Waals surface area contributed by atoms with E-state index in [0.717, 1.165) is 16.7 Å². The van der Waals surface area contributed by atoms with Gasteiger partial charge in [0, 0.05) is 5.02 Å². The van der Waals surface area contributed by atoms with Crippen LogP contribution in [0.25, 0.3) is 5.70 Å². The van der Waals surface area contributed by atoms with Crippen LogP contribution in [-0.2, 0) is 16.1 Å². The largest absolute Gasteiger partial charge is 0.493 e. The number of halogens is 1. The molecule has 4 rings (SSSR count). The number of hydrogen-bond donors (Lipinski definition) is 2. The van der Waals surface area contributed by atoms with Crippen molar-refractivity contribution >= 4 is 40.6 Å². The number of methoxy groups -OCH3 is 2. The first-order valence-electron chi connectivity index (χ1n) is 10.9. The maximum Gasteiger partial charge on any atom is 0.338 e. The van der Waals surface area contributed by atoms with Gasteiger partial charge in [-0.05, 0) is 60.1 Å². The summed E-state index contributed by atoms with van der Waals surface area (Å²) in [7, 11) is 2.93. The molecule has 1 heterocycles. The van der Waals surface area contributed by atoms with Gasteiger partial charge >= 0.3 is 5.97 Å². The lowest BCUT2D eigenvalue weighted by molar-refractivity contribution is -0.136. The molecule has 1 aliphatic rings. The molecule has 0 aliphatic carbocycles. The standard InChI is InChI=1S/C27H25ClN2O4S/c1-16-4-6-17(7-5-16)15-34-21-13-10-19(14-22(21)32-2)25-23(26(31)33-3)24(29-27(35)30-25)18-8-11-20(28)12-9-18/h4-14,25H,15H2,1-3H3,(H2,29,30,35)/t25-/m0/s1. The monoisotopic (exact) mass is 508 g/mol. The molecule has 3 aromatic rings. The first-order chi connectivity index (χ1) is 16.9. The van der Waals surface area contributed by atoms with Crippen LogP contribution in [0.3, 0.4) is 0 Å². The minimum Gasteiger partial charge on any atom is -0.493 e. The Balaban J connectivity index is 1.70. The fraction of sp³-hybridized carbons (Fsp3) is 0.185. The zero-order valence-corrected chi connectivity index (χ0v) is 21.1. The van der Waals surface area contributed by atoms with Gasteiger partial charge in [0.25, 0.3) is 0 Å². The third-order valence-corrected chi connectivity index (χ3v) is 6.12. The van der Waals surface area contributed by atoms with Gasteiger partial charge in [0.2, 0.25) is 0 Å². The topological polar surface area (TPSA) is 68.8 Å². The number of carbonyl (C=O) groups is 1. The van der Waals surface area contributed by atoms with Crippen LogP contribution in [0.1, 0.15) is 28.3 Å². The number of aryl methyl sites for hydroxylation is 1. The average molecular weight is 509 g/mol. The zero-order valence-electron chi connectivity index (χ0n) is 19.6. The van der Waals surface area contributed by atoms with Crippen molar-refractivity contribution in [2.24, 2.45) is 0 Å². The van der Waals surface area contributed by atoms with Crippen molar-refractivity contribution in [3.05, 3.63) is 99.6 Å². The number of benzene rings is 3. The second-order valence-electron chi connectivity index (χ2n) is 8.00. The maximum atomic E-state index is 12.9. The van der Waals surface area contributed by atoms with Crippen LogP contribution in [0.15, 0.2) is 72.3 Å². The van der Waals surface area contributed by atoms with Crippen LogP contribution in [0.4, 0.5) is 0 Å². The van der Waals surface area contributed by atoms with Crippen molar-refractivity contribution in [3.8, 4) is 11.5 Å². The first kappa shape index (κ1) is 24.6. The third-order valence-electron chi connectivity index (χ3n) is 5.65. The maximum absolute atomic E-state index is 12.9. The van der Waals surface area contributed by atoms with E-state index in [-0.39, 0.29) is 0 Å². The van der Waals surface area contributed by atoms with Gasteiger partial charge in [0.15, 0.2) is 16.6 Å². The molecule has 1 aliphatic heterocycles. The van der Waals surface area contributed by atoms with Crippen LogP contribution in [0.2, 0.25) is 5.02 Å². The highest BCUT2D eigenvalue weighted by Gasteiger charge is 2.33. The number of hydrogen-bond acceptors (Lipinski definition) is 5. The highest BCUT2D eigenvalue weighted by molar-refractivity contribution is 7.80. The lowest BCUT2D eigenvalue weighted by Crippen LogP contribution is -2.45. The van der Waals surface area contributed by atoms with Gasteiger partial charge in [-0.1, -0.05) is 59.6 Å². The molecule has 35 heavy (non-hydrogen) atoms. The Bertz CT molecular complexity index is 1270. The van der Waals surface area contributed by atoms with E-state index in [1.807, 2.05) is 61.5 Å². The van der Waals surface area contributed by atoms with Crippen molar-refractivity contribution in [1.29, 1.82) is 0 Å². The summed E-state index contributed by atoms with van der Waals surface area (Å²) in [6.07, 6.45) is 0. The normalized spacial score (nSPS) is 15.2. The summed E-state index contributed by atoms with van der Waals surface area (Å²) in [6.45, 7) is 2.45. The van der Waals surface area contributed by atoms with Crippen molar-refractivity contribution in [2.75, 3.05) is 14.2 Å². The molecule has 8 heteroatoms. The van der Waals surface area contributed by atoms with E-state index in [1.54, 1.807) is 19.2 Å². The molecule has 0 aromatic heterocycles. The Kier molecular flexibility index (Phi) is 7.58. The Hall–Kier alpha value is -3.55. The van der Waals surface area contributed by atoms with E-state index in [0.29, 0.717) is 39.5 Å². The van der Waals surface area contributed by atoms with E-state index < -0.39 is 12.0 Å². The number of carbonyl (C=O) groups excluding carboxylic acids is 1. The second-order valence-corrected chi connectivity index (χ2v) is 8.85. The van der Waals surface area contributed by atoms with Gasteiger partial charge in [-0.2, -0.15) is 0 Å². The average Bonchev–Trinajstić information content (AvgIpc) is 2.87. The van der Waals surface area contributed by atoms with E-state index in [2.05, 4.69) is 10.6 Å². The molecule has 0 spiro atoms. The summed E-state index contributed by atoms with van der Waals surface area (Å²) < 4.78 is 16.8. The molecule has 0 saturated carbocycles. The number of thiocarbonyl (C=S) groups is 1. The van der Waals surface area contributed by atoms with Crippen LogP contribution < -0.4 is 20.1 Å². The van der Waals surface area contributed by atoms with E-state index in [1.165, 1.54) is 12.7 Å². The highest BCUT2D eigenvalue weighted by Crippen LogP contribution is 2.37. The Morgan fingerprint density at radius 1 is 1.00 bits per heavy atom. The van der Waals surface area contributed by atoms with Gasteiger partial charge in [0.1, 0.15) is 6.61 Å². The van der Waals surface area contributed by atoms with Crippen molar-refractivity contribution in [1.82, 2.24) is 10.6 Å². The van der Waals surface area contributed by atoms with Crippen LogP contribution in [0.5, 0.6) is 11.5 Å². The molecule has 6 nitrogen and oxygen atoms in total. The van der Waals surface area contributed by atoms with Gasteiger partial charge in [-0.25, -0.2) is 4.79 Å². The molecule has 0 fully saturated rings. The minimum absolute atomic E-state index is 0.381. The lowest BCUT2D eigenvalue weighted by Gasteiger charge is -2.31. The fourth-order valence-corrected chi connectivity index (χ4v) is 4.16. The summed E-state index contributed by atoms with van der Waals surface area (Å²) in [5.74, 6) is 0.647. The summed E-state index contributed by atoms with van der Waals surface area (Å²) in [5, 5.41) is 7.25. The third kappa shape index (κ3) is 5.58. The highest BCUT2D eigenvalue weighted by atomic mass is 35.5. The smallest absolute Gasteiger partial charge is 0.338 e. The van der Waals surface area contributed by atoms with Gasteiger partial charge in [0.05, 0.1) is 31.5 Å². The molecule has 0 bridgehead atoms. The molecule has 2 N–H and O–H groups in total. The quantitative estimate of drug-likeness (QED) is 0.330. The fourth-order valence-electron chi connectivity index (χ4n) is 3.82. The molecule has 0 unspecified atom stereocenters. The van der Waals surface area contributed by atoms with Crippen molar-refractivity contribution < 1.29 is 19.0 Å². The number of ether oxygens (including phenoxy) is 3. The summed E-state index contributed by atoms with van der Waals surface area (Å²) in [5.41, 5.74) is 4.71.